The average molecular weight is 559 g/mol. The Bertz CT molecular complexity index is 957. The van der Waals surface area contributed by atoms with Gasteiger partial charge in [0.15, 0.2) is 0 Å². The van der Waals surface area contributed by atoms with Gasteiger partial charge in [-0.2, -0.15) is 0 Å². The van der Waals surface area contributed by atoms with Crippen LogP contribution in [-0.4, -0.2) is 18.5 Å². The van der Waals surface area contributed by atoms with Crippen LogP contribution < -0.4 is 14.2 Å². The predicted octanol–water partition coefficient (Wildman–Crippen LogP) is 10.1. The molecule has 0 spiro atoms. The van der Waals surface area contributed by atoms with Crippen molar-refractivity contribution in [2.45, 2.75) is 117 Å². The van der Waals surface area contributed by atoms with Crippen molar-refractivity contribution in [1.82, 2.24) is 0 Å². The molecule has 0 radical (unpaired) electrons. The van der Waals surface area contributed by atoms with E-state index in [4.69, 9.17) is 25.8 Å². The lowest BCUT2D eigenvalue weighted by Gasteiger charge is -2.10. The van der Waals surface area contributed by atoms with E-state index >= 15 is 0 Å². The van der Waals surface area contributed by atoms with Crippen LogP contribution in [-0.2, 0) is 4.79 Å². The summed E-state index contributed by atoms with van der Waals surface area (Å²) in [7, 11) is 0. The van der Waals surface area contributed by atoms with E-state index in [1.807, 2.05) is 0 Å². The summed E-state index contributed by atoms with van der Waals surface area (Å²) in [5, 5.41) is 0.382. The number of hydrogen-bond donors (Lipinski definition) is 0. The molecule has 0 saturated carbocycles. The molecule has 0 aliphatic rings. The minimum atomic E-state index is -0.518. The van der Waals surface area contributed by atoms with Gasteiger partial charge in [0.1, 0.15) is 17.2 Å². The molecule has 6 heteroatoms. The van der Waals surface area contributed by atoms with Crippen LogP contribution in [0.15, 0.2) is 42.5 Å². The molecule has 2 aromatic rings. The van der Waals surface area contributed by atoms with Crippen molar-refractivity contribution in [2.75, 3.05) is 6.61 Å². The number of rotatable bonds is 21. The van der Waals surface area contributed by atoms with E-state index in [1.54, 1.807) is 42.5 Å². The van der Waals surface area contributed by atoms with Crippen molar-refractivity contribution >= 4 is 23.5 Å². The molecule has 0 bridgehead atoms. The van der Waals surface area contributed by atoms with Gasteiger partial charge in [0, 0.05) is 6.42 Å². The number of hydrogen-bond acceptors (Lipinski definition) is 5. The zero-order valence-electron chi connectivity index (χ0n) is 24.0. The molecule has 0 saturated heterocycles. The Labute approximate surface area is 240 Å². The van der Waals surface area contributed by atoms with Crippen molar-refractivity contribution < 1.29 is 23.8 Å². The second-order valence-electron chi connectivity index (χ2n) is 10.2. The number of carbonyl (C=O) groups is 2. The van der Waals surface area contributed by atoms with Crippen LogP contribution >= 0.6 is 11.6 Å². The number of benzene rings is 2. The molecule has 0 fully saturated rings. The molecule has 0 aromatic heterocycles. The highest BCUT2D eigenvalue weighted by Crippen LogP contribution is 2.27. The first-order valence-electron chi connectivity index (χ1n) is 15.0. The highest BCUT2D eigenvalue weighted by molar-refractivity contribution is 6.32. The van der Waals surface area contributed by atoms with Crippen molar-refractivity contribution in [1.29, 1.82) is 0 Å². The smallest absolute Gasteiger partial charge is 0.343 e. The van der Waals surface area contributed by atoms with Gasteiger partial charge >= 0.3 is 11.9 Å². The Hall–Kier alpha value is -2.53. The van der Waals surface area contributed by atoms with E-state index in [0.29, 0.717) is 40.9 Å². The van der Waals surface area contributed by atoms with Gasteiger partial charge in [-0.05, 0) is 55.3 Å². The molecule has 0 aliphatic heterocycles. The molecule has 2 aromatic carbocycles. The lowest BCUT2D eigenvalue weighted by atomic mass is 10.1. The van der Waals surface area contributed by atoms with Crippen LogP contribution in [0.4, 0.5) is 0 Å². The lowest BCUT2D eigenvalue weighted by Crippen LogP contribution is -2.09. The maximum Gasteiger partial charge on any atom is 0.343 e. The first-order chi connectivity index (χ1) is 19.0. The van der Waals surface area contributed by atoms with Crippen molar-refractivity contribution in [3.63, 3.8) is 0 Å². The average Bonchev–Trinajstić information content (AvgIpc) is 2.93. The molecule has 0 atom stereocenters. The third kappa shape index (κ3) is 14.4. The fourth-order valence-electron chi connectivity index (χ4n) is 4.31. The minimum absolute atomic E-state index is 0.243. The molecule has 39 heavy (non-hydrogen) atoms. The van der Waals surface area contributed by atoms with E-state index in [1.165, 1.54) is 64.2 Å². The van der Waals surface area contributed by atoms with Gasteiger partial charge < -0.3 is 14.2 Å². The van der Waals surface area contributed by atoms with E-state index in [-0.39, 0.29) is 5.97 Å². The maximum absolute atomic E-state index is 12.6. The normalized spacial score (nSPS) is 10.8. The molecule has 5 nitrogen and oxygen atoms in total. The van der Waals surface area contributed by atoms with Crippen LogP contribution in [0.2, 0.25) is 5.02 Å². The summed E-state index contributed by atoms with van der Waals surface area (Å²) in [6.07, 6.45) is 18.4. The van der Waals surface area contributed by atoms with E-state index in [9.17, 15) is 9.59 Å². The summed E-state index contributed by atoms with van der Waals surface area (Å²) in [6.45, 7) is 5.04. The van der Waals surface area contributed by atoms with Gasteiger partial charge in [0.25, 0.3) is 0 Å². The van der Waals surface area contributed by atoms with E-state index in [0.717, 1.165) is 32.1 Å². The quantitative estimate of drug-likeness (QED) is 0.0866. The Morgan fingerprint density at radius 2 is 1.15 bits per heavy atom. The zero-order chi connectivity index (χ0) is 28.1. The third-order valence-corrected chi connectivity index (χ3v) is 6.97. The van der Waals surface area contributed by atoms with Gasteiger partial charge in [-0.1, -0.05) is 109 Å². The zero-order valence-corrected chi connectivity index (χ0v) is 24.7. The fraction of sp³-hybridized carbons (Fsp3) is 0.576. The number of ether oxygens (including phenoxy) is 3. The summed E-state index contributed by atoms with van der Waals surface area (Å²) in [5.74, 6) is 0.600. The minimum Gasteiger partial charge on any atom is -0.492 e. The van der Waals surface area contributed by atoms with Gasteiger partial charge in [-0.3, -0.25) is 4.79 Å². The van der Waals surface area contributed by atoms with Crippen LogP contribution in [0.5, 0.6) is 17.2 Å². The largest absolute Gasteiger partial charge is 0.492 e. The first-order valence-corrected chi connectivity index (χ1v) is 15.4. The third-order valence-electron chi connectivity index (χ3n) is 6.67. The second kappa shape index (κ2) is 20.4. The summed E-state index contributed by atoms with van der Waals surface area (Å²) in [4.78, 5) is 24.7. The highest BCUT2D eigenvalue weighted by atomic mass is 35.5. The number of halogens is 1. The van der Waals surface area contributed by atoms with Crippen LogP contribution in [0, 0.1) is 0 Å². The van der Waals surface area contributed by atoms with E-state index < -0.39 is 5.97 Å². The van der Waals surface area contributed by atoms with Crippen LogP contribution in [0.1, 0.15) is 127 Å². The topological polar surface area (TPSA) is 61.8 Å². The number of esters is 2. The van der Waals surface area contributed by atoms with Crippen LogP contribution in [0.3, 0.4) is 0 Å². The van der Waals surface area contributed by atoms with Crippen molar-refractivity contribution in [3.05, 3.63) is 53.1 Å². The Morgan fingerprint density at radius 3 is 1.72 bits per heavy atom. The van der Waals surface area contributed by atoms with E-state index in [2.05, 4.69) is 13.8 Å². The summed E-state index contributed by atoms with van der Waals surface area (Å²) >= 11 is 6.35. The highest BCUT2D eigenvalue weighted by Gasteiger charge is 2.13. The van der Waals surface area contributed by atoms with Gasteiger partial charge in [0.05, 0.1) is 17.2 Å². The first kappa shape index (κ1) is 32.7. The van der Waals surface area contributed by atoms with Gasteiger partial charge in [-0.25, -0.2) is 4.79 Å². The molecule has 216 valence electrons. The van der Waals surface area contributed by atoms with Crippen LogP contribution in [0.25, 0.3) is 0 Å². The standard InChI is InChI=1S/C33H47ClO5/c1-3-5-7-9-11-13-15-17-25-37-31-24-19-27(26-30(31)34)33(36)39-29-22-20-28(21-23-29)38-32(35)18-16-14-12-10-8-6-4-2/h19-24,26H,3-18,25H2,1-2H3. The second-order valence-corrected chi connectivity index (χ2v) is 10.6. The molecule has 0 amide bonds. The molecule has 0 heterocycles. The molecule has 2 rings (SSSR count). The Morgan fingerprint density at radius 1 is 0.641 bits per heavy atom. The number of carbonyl (C=O) groups excluding carboxylic acids is 2. The molecule has 0 unspecified atom stereocenters. The number of unbranched alkanes of at least 4 members (excludes halogenated alkanes) is 13. The summed E-state index contributed by atoms with van der Waals surface area (Å²) in [6, 6.07) is 11.4. The monoisotopic (exact) mass is 558 g/mol. The molecular weight excluding hydrogens is 512 g/mol. The van der Waals surface area contributed by atoms with Gasteiger partial charge in [-0.15, -0.1) is 0 Å². The Kier molecular flexibility index (Phi) is 17.1. The summed E-state index contributed by atoms with van der Waals surface area (Å²) < 4.78 is 16.7. The van der Waals surface area contributed by atoms with Crippen molar-refractivity contribution in [3.8, 4) is 17.2 Å². The fourth-order valence-corrected chi connectivity index (χ4v) is 4.55. The molecular formula is C33H47ClO5. The Balaban J connectivity index is 1.68. The molecule has 0 aliphatic carbocycles. The van der Waals surface area contributed by atoms with Gasteiger partial charge in [0.2, 0.25) is 0 Å². The lowest BCUT2D eigenvalue weighted by molar-refractivity contribution is -0.134. The maximum atomic E-state index is 12.6. The SMILES string of the molecule is CCCCCCCCCCOc1ccc(C(=O)Oc2ccc(OC(=O)CCCCCCCCC)cc2)cc1Cl. The predicted molar refractivity (Wildman–Crippen MR) is 159 cm³/mol. The van der Waals surface area contributed by atoms with Crippen molar-refractivity contribution in [2.24, 2.45) is 0 Å². The summed E-state index contributed by atoms with van der Waals surface area (Å²) in [5.41, 5.74) is 0.338. The molecule has 0 N–H and O–H groups in total.